The molecule has 104 valence electrons. The predicted octanol–water partition coefficient (Wildman–Crippen LogP) is 2.23. The van der Waals surface area contributed by atoms with E-state index in [4.69, 9.17) is 5.73 Å². The van der Waals surface area contributed by atoms with Crippen molar-refractivity contribution in [1.29, 1.82) is 0 Å². The number of fused-ring (bicyclic) bond motifs is 3. The van der Waals surface area contributed by atoms with Gasteiger partial charge in [-0.05, 0) is 50.3 Å². The third-order valence-corrected chi connectivity index (χ3v) is 5.32. The van der Waals surface area contributed by atoms with E-state index in [2.05, 4.69) is 6.07 Å². The maximum atomic E-state index is 11.2. The number of aliphatic hydroxyl groups is 1. The first-order chi connectivity index (χ1) is 9.13. The van der Waals surface area contributed by atoms with Crippen molar-refractivity contribution >= 4 is 0 Å². The second-order valence-corrected chi connectivity index (χ2v) is 6.17. The lowest BCUT2D eigenvalue weighted by Gasteiger charge is -2.54. The summed E-state index contributed by atoms with van der Waals surface area (Å²) in [6.07, 6.45) is 6.36. The molecule has 0 aliphatic heterocycles. The zero-order valence-electron chi connectivity index (χ0n) is 11.4. The normalized spacial score (nSPS) is 33.6. The first-order valence-electron chi connectivity index (χ1n) is 7.37. The van der Waals surface area contributed by atoms with Crippen LogP contribution in [0.3, 0.4) is 0 Å². The fourth-order valence-electron chi connectivity index (χ4n) is 4.46. The van der Waals surface area contributed by atoms with Gasteiger partial charge in [0.05, 0.1) is 5.60 Å². The van der Waals surface area contributed by atoms with E-state index in [-0.39, 0.29) is 5.41 Å². The van der Waals surface area contributed by atoms with Crippen molar-refractivity contribution in [2.75, 3.05) is 6.54 Å². The number of phenolic OH excluding ortho intramolecular Hbond substituents is 1. The molecule has 0 unspecified atom stereocenters. The third-order valence-electron chi connectivity index (χ3n) is 5.32. The van der Waals surface area contributed by atoms with E-state index < -0.39 is 5.60 Å². The van der Waals surface area contributed by atoms with Crippen LogP contribution in [0.2, 0.25) is 0 Å². The second-order valence-electron chi connectivity index (χ2n) is 6.17. The SMILES string of the molecule is NCC[C@]12CCCC[C@@]1(O)CCc1cccc(O)c12. The van der Waals surface area contributed by atoms with E-state index in [1.54, 1.807) is 6.07 Å². The molecule has 0 spiro atoms. The van der Waals surface area contributed by atoms with Crippen LogP contribution in [0.5, 0.6) is 5.75 Å². The van der Waals surface area contributed by atoms with Crippen LogP contribution in [-0.4, -0.2) is 22.4 Å². The summed E-state index contributed by atoms with van der Waals surface area (Å²) < 4.78 is 0. The summed E-state index contributed by atoms with van der Waals surface area (Å²) >= 11 is 0. The van der Waals surface area contributed by atoms with Crippen molar-refractivity contribution in [2.45, 2.75) is 56.0 Å². The Labute approximate surface area is 114 Å². The molecule has 1 aromatic carbocycles. The van der Waals surface area contributed by atoms with Crippen LogP contribution >= 0.6 is 0 Å². The Kier molecular flexibility index (Phi) is 3.06. The van der Waals surface area contributed by atoms with Gasteiger partial charge in [-0.2, -0.15) is 0 Å². The molecule has 1 saturated carbocycles. The minimum atomic E-state index is -0.684. The molecule has 2 atom stereocenters. The van der Waals surface area contributed by atoms with E-state index in [0.29, 0.717) is 12.3 Å². The average molecular weight is 261 g/mol. The fourth-order valence-corrected chi connectivity index (χ4v) is 4.46. The van der Waals surface area contributed by atoms with Crippen LogP contribution in [0.1, 0.15) is 49.7 Å². The summed E-state index contributed by atoms with van der Waals surface area (Å²) in [4.78, 5) is 0. The summed E-state index contributed by atoms with van der Waals surface area (Å²) in [5.74, 6) is 0.339. The molecule has 0 bridgehead atoms. The lowest BCUT2D eigenvalue weighted by atomic mass is 9.53. The van der Waals surface area contributed by atoms with Gasteiger partial charge >= 0.3 is 0 Å². The number of nitrogens with two attached hydrogens (primary N) is 1. The lowest BCUT2D eigenvalue weighted by molar-refractivity contribution is -0.0870. The van der Waals surface area contributed by atoms with Crippen LogP contribution in [0.25, 0.3) is 0 Å². The third kappa shape index (κ3) is 1.72. The van der Waals surface area contributed by atoms with Crippen molar-refractivity contribution in [2.24, 2.45) is 5.73 Å². The summed E-state index contributed by atoms with van der Waals surface area (Å²) in [5.41, 5.74) is 6.99. The van der Waals surface area contributed by atoms with Crippen LogP contribution in [0.15, 0.2) is 18.2 Å². The Hall–Kier alpha value is -1.06. The van der Waals surface area contributed by atoms with Gasteiger partial charge in [0.15, 0.2) is 0 Å². The molecule has 1 aromatic rings. The average Bonchev–Trinajstić information content (AvgIpc) is 2.40. The molecule has 0 heterocycles. The molecule has 2 aliphatic carbocycles. The largest absolute Gasteiger partial charge is 0.508 e. The minimum absolute atomic E-state index is 0.334. The Morgan fingerprint density at radius 1 is 1.16 bits per heavy atom. The van der Waals surface area contributed by atoms with Crippen LogP contribution in [0, 0.1) is 0 Å². The maximum Gasteiger partial charge on any atom is 0.119 e. The van der Waals surface area contributed by atoms with Gasteiger partial charge in [-0.15, -0.1) is 0 Å². The highest BCUT2D eigenvalue weighted by molar-refractivity contribution is 5.49. The monoisotopic (exact) mass is 261 g/mol. The van der Waals surface area contributed by atoms with Gasteiger partial charge in [0.25, 0.3) is 0 Å². The molecule has 3 heteroatoms. The topological polar surface area (TPSA) is 66.5 Å². The van der Waals surface area contributed by atoms with Crippen molar-refractivity contribution in [3.63, 3.8) is 0 Å². The molecule has 0 radical (unpaired) electrons. The number of aromatic hydroxyl groups is 1. The maximum absolute atomic E-state index is 11.2. The molecule has 0 saturated heterocycles. The molecule has 3 nitrogen and oxygen atoms in total. The first-order valence-corrected chi connectivity index (χ1v) is 7.37. The Morgan fingerprint density at radius 3 is 2.74 bits per heavy atom. The van der Waals surface area contributed by atoms with Crippen molar-refractivity contribution in [1.82, 2.24) is 0 Å². The van der Waals surface area contributed by atoms with Gasteiger partial charge in [0.2, 0.25) is 0 Å². The molecule has 19 heavy (non-hydrogen) atoms. The van der Waals surface area contributed by atoms with Gasteiger partial charge in [-0.25, -0.2) is 0 Å². The molecule has 2 aliphatic rings. The summed E-state index contributed by atoms with van der Waals surface area (Å²) in [6, 6.07) is 5.73. The standard InChI is InChI=1S/C16H23NO2/c17-11-10-15-7-1-2-8-16(15,19)9-6-12-4-3-5-13(18)14(12)15/h3-5,18-19H,1-2,6-11,17H2/t15-,16+/m0/s1. The molecule has 0 amide bonds. The van der Waals surface area contributed by atoms with E-state index in [1.165, 1.54) is 5.56 Å². The highest BCUT2D eigenvalue weighted by atomic mass is 16.3. The van der Waals surface area contributed by atoms with Crippen LogP contribution in [0.4, 0.5) is 0 Å². The lowest BCUT2D eigenvalue weighted by Crippen LogP contribution is -2.57. The first kappa shape index (κ1) is 12.9. The molecule has 4 N–H and O–H groups in total. The number of phenols is 1. The van der Waals surface area contributed by atoms with E-state index in [1.807, 2.05) is 6.07 Å². The summed E-state index contributed by atoms with van der Waals surface area (Å²) in [7, 11) is 0. The van der Waals surface area contributed by atoms with Crippen LogP contribution in [-0.2, 0) is 11.8 Å². The predicted molar refractivity (Wildman–Crippen MR) is 75.2 cm³/mol. The number of hydrogen-bond acceptors (Lipinski definition) is 3. The zero-order valence-corrected chi connectivity index (χ0v) is 11.4. The highest BCUT2D eigenvalue weighted by Crippen LogP contribution is 2.56. The Morgan fingerprint density at radius 2 is 1.95 bits per heavy atom. The van der Waals surface area contributed by atoms with Crippen LogP contribution < -0.4 is 5.73 Å². The second kappa shape index (κ2) is 4.50. The minimum Gasteiger partial charge on any atom is -0.508 e. The quantitative estimate of drug-likeness (QED) is 0.765. The molecule has 3 rings (SSSR count). The number of aryl methyl sites for hydroxylation is 1. The smallest absolute Gasteiger partial charge is 0.119 e. The van der Waals surface area contributed by atoms with Crippen molar-refractivity contribution < 1.29 is 10.2 Å². The van der Waals surface area contributed by atoms with E-state index in [0.717, 1.165) is 50.5 Å². The van der Waals surface area contributed by atoms with E-state index in [9.17, 15) is 10.2 Å². The van der Waals surface area contributed by atoms with Gasteiger partial charge < -0.3 is 15.9 Å². The number of benzene rings is 1. The summed E-state index contributed by atoms with van der Waals surface area (Å²) in [6.45, 7) is 0.552. The van der Waals surface area contributed by atoms with Crippen molar-refractivity contribution in [3.05, 3.63) is 29.3 Å². The molecule has 1 fully saturated rings. The summed E-state index contributed by atoms with van der Waals surface area (Å²) in [5, 5.41) is 21.5. The molecule has 0 aromatic heterocycles. The Bertz CT molecular complexity index is 484. The Balaban J connectivity index is 2.21. The fraction of sp³-hybridized carbons (Fsp3) is 0.625. The number of rotatable bonds is 2. The number of hydrogen-bond donors (Lipinski definition) is 3. The van der Waals surface area contributed by atoms with E-state index >= 15 is 0 Å². The highest BCUT2D eigenvalue weighted by Gasteiger charge is 2.55. The van der Waals surface area contributed by atoms with Crippen molar-refractivity contribution in [3.8, 4) is 5.75 Å². The van der Waals surface area contributed by atoms with Gasteiger partial charge in [-0.1, -0.05) is 25.0 Å². The van der Waals surface area contributed by atoms with Gasteiger partial charge in [0, 0.05) is 11.0 Å². The molecular formula is C16H23NO2. The van der Waals surface area contributed by atoms with Gasteiger partial charge in [0.1, 0.15) is 5.75 Å². The molecular weight excluding hydrogens is 238 g/mol. The zero-order chi connectivity index (χ0) is 13.5. The van der Waals surface area contributed by atoms with Gasteiger partial charge in [-0.3, -0.25) is 0 Å².